The Bertz CT molecular complexity index is 901. The molecule has 0 aliphatic carbocycles. The highest BCUT2D eigenvalue weighted by atomic mass is 16.5. The van der Waals surface area contributed by atoms with Crippen molar-refractivity contribution < 1.29 is 14.3 Å². The molecule has 0 bridgehead atoms. The molecule has 172 valence electrons. The number of hydrogen-bond donors (Lipinski definition) is 0. The van der Waals surface area contributed by atoms with Crippen molar-refractivity contribution in [3.8, 4) is 17.0 Å². The molecule has 1 aliphatic heterocycles. The number of methoxy groups -OCH3 is 1. The number of benzene rings is 1. The van der Waals surface area contributed by atoms with Gasteiger partial charge in [-0.05, 0) is 56.2 Å². The average Bonchev–Trinajstić information content (AvgIpc) is 3.08. The van der Waals surface area contributed by atoms with Crippen LogP contribution in [0.15, 0.2) is 36.4 Å². The first-order chi connectivity index (χ1) is 15.4. The molecule has 1 saturated heterocycles. The summed E-state index contributed by atoms with van der Waals surface area (Å²) in [5, 5.41) is 8.82. The van der Waals surface area contributed by atoms with E-state index < -0.39 is 0 Å². The zero-order chi connectivity index (χ0) is 23.1. The summed E-state index contributed by atoms with van der Waals surface area (Å²) >= 11 is 0. The van der Waals surface area contributed by atoms with Crippen LogP contribution >= 0.6 is 0 Å². The molecule has 8 nitrogen and oxygen atoms in total. The Morgan fingerprint density at radius 3 is 2.41 bits per heavy atom. The van der Waals surface area contributed by atoms with E-state index in [-0.39, 0.29) is 24.4 Å². The number of nitrogens with zero attached hydrogens (tertiary/aromatic N) is 5. The van der Waals surface area contributed by atoms with E-state index >= 15 is 0 Å². The van der Waals surface area contributed by atoms with Crippen LogP contribution in [0.1, 0.15) is 33.6 Å². The quantitative estimate of drug-likeness (QED) is 0.660. The van der Waals surface area contributed by atoms with Gasteiger partial charge in [-0.1, -0.05) is 6.92 Å². The summed E-state index contributed by atoms with van der Waals surface area (Å²) in [6.45, 7) is 8.45. The van der Waals surface area contributed by atoms with E-state index in [2.05, 4.69) is 15.1 Å². The second-order valence-corrected chi connectivity index (χ2v) is 8.13. The fourth-order valence-corrected chi connectivity index (χ4v) is 3.85. The van der Waals surface area contributed by atoms with Crippen LogP contribution in [-0.2, 0) is 9.59 Å². The van der Waals surface area contributed by atoms with Gasteiger partial charge >= 0.3 is 0 Å². The first-order valence-electron chi connectivity index (χ1n) is 11.2. The SMILES string of the molecule is CC[C@@H](C)N(CC(=O)N1CCCN(c2ccc(-c3ccc(OC)cc3)nn2)CC1)C(C)=O. The molecular weight excluding hydrogens is 406 g/mol. The summed E-state index contributed by atoms with van der Waals surface area (Å²) in [7, 11) is 1.64. The molecule has 1 aromatic carbocycles. The number of hydrogen-bond acceptors (Lipinski definition) is 6. The van der Waals surface area contributed by atoms with Gasteiger partial charge in [0.25, 0.3) is 0 Å². The second-order valence-electron chi connectivity index (χ2n) is 8.13. The summed E-state index contributed by atoms with van der Waals surface area (Å²) in [4.78, 5) is 30.5. The minimum Gasteiger partial charge on any atom is -0.497 e. The third-order valence-electron chi connectivity index (χ3n) is 6.04. The van der Waals surface area contributed by atoms with Crippen LogP contribution in [0.4, 0.5) is 5.82 Å². The standard InChI is InChI=1S/C24H33N5O3/c1-5-18(2)29(19(3)30)17-24(31)28-14-6-13-27(15-16-28)23-12-11-22(25-26-23)20-7-9-21(32-4)10-8-20/h7-12,18H,5-6,13-17H2,1-4H3/t18-/m1/s1. The number of carbonyl (C=O) groups is 2. The Morgan fingerprint density at radius 1 is 1.06 bits per heavy atom. The number of amides is 2. The number of anilines is 1. The number of ether oxygens (including phenoxy) is 1. The van der Waals surface area contributed by atoms with E-state index in [1.165, 1.54) is 6.92 Å². The molecular formula is C24H33N5O3. The van der Waals surface area contributed by atoms with Crippen LogP contribution in [0.3, 0.4) is 0 Å². The minimum absolute atomic E-state index is 0.00304. The van der Waals surface area contributed by atoms with Crippen molar-refractivity contribution in [2.45, 2.75) is 39.7 Å². The van der Waals surface area contributed by atoms with Crippen molar-refractivity contribution in [1.29, 1.82) is 0 Å². The molecule has 2 aromatic rings. The van der Waals surface area contributed by atoms with Gasteiger partial charge in [0.1, 0.15) is 5.75 Å². The molecule has 0 radical (unpaired) electrons. The lowest BCUT2D eigenvalue weighted by atomic mass is 10.1. The van der Waals surface area contributed by atoms with Gasteiger partial charge in [-0.25, -0.2) is 0 Å². The zero-order valence-electron chi connectivity index (χ0n) is 19.5. The number of rotatable bonds is 7. The maximum absolute atomic E-state index is 12.9. The lowest BCUT2D eigenvalue weighted by molar-refractivity contribution is -0.141. The summed E-state index contributed by atoms with van der Waals surface area (Å²) < 4.78 is 5.20. The summed E-state index contributed by atoms with van der Waals surface area (Å²) in [6.07, 6.45) is 1.67. The Hall–Kier alpha value is -3.16. The lowest BCUT2D eigenvalue weighted by Crippen LogP contribution is -2.46. The topological polar surface area (TPSA) is 78.9 Å². The van der Waals surface area contributed by atoms with Crippen molar-refractivity contribution in [2.75, 3.05) is 44.7 Å². The van der Waals surface area contributed by atoms with E-state index in [9.17, 15) is 9.59 Å². The molecule has 1 aliphatic rings. The summed E-state index contributed by atoms with van der Waals surface area (Å²) in [5.74, 6) is 1.55. The Morgan fingerprint density at radius 2 is 1.81 bits per heavy atom. The predicted molar refractivity (Wildman–Crippen MR) is 125 cm³/mol. The van der Waals surface area contributed by atoms with Crippen molar-refractivity contribution >= 4 is 17.6 Å². The largest absolute Gasteiger partial charge is 0.497 e. The molecule has 0 N–H and O–H groups in total. The highest BCUT2D eigenvalue weighted by Crippen LogP contribution is 2.22. The van der Waals surface area contributed by atoms with Crippen molar-refractivity contribution in [1.82, 2.24) is 20.0 Å². The normalized spacial score (nSPS) is 15.1. The second kappa shape index (κ2) is 10.9. The fourth-order valence-electron chi connectivity index (χ4n) is 3.85. The van der Waals surface area contributed by atoms with Gasteiger partial charge < -0.3 is 19.4 Å². The molecule has 0 saturated carbocycles. The zero-order valence-corrected chi connectivity index (χ0v) is 19.5. The van der Waals surface area contributed by atoms with Gasteiger partial charge in [0, 0.05) is 44.7 Å². The average molecular weight is 440 g/mol. The van der Waals surface area contributed by atoms with E-state index in [4.69, 9.17) is 4.74 Å². The van der Waals surface area contributed by atoms with E-state index in [0.29, 0.717) is 19.6 Å². The minimum atomic E-state index is -0.0589. The van der Waals surface area contributed by atoms with E-state index in [1.807, 2.05) is 55.1 Å². The molecule has 3 rings (SSSR count). The highest BCUT2D eigenvalue weighted by Gasteiger charge is 2.24. The molecule has 0 spiro atoms. The third-order valence-corrected chi connectivity index (χ3v) is 6.04. The van der Waals surface area contributed by atoms with Gasteiger partial charge in [0.2, 0.25) is 11.8 Å². The maximum Gasteiger partial charge on any atom is 0.242 e. The molecule has 1 fully saturated rings. The molecule has 2 amide bonds. The van der Waals surface area contributed by atoms with Crippen molar-refractivity contribution in [2.24, 2.45) is 0 Å². The molecule has 1 atom stereocenters. The molecule has 32 heavy (non-hydrogen) atoms. The molecule has 8 heteroatoms. The lowest BCUT2D eigenvalue weighted by Gasteiger charge is -2.30. The molecule has 1 aromatic heterocycles. The van der Waals surface area contributed by atoms with Crippen LogP contribution in [0, 0.1) is 0 Å². The first-order valence-corrected chi connectivity index (χ1v) is 11.2. The monoisotopic (exact) mass is 439 g/mol. The Balaban J connectivity index is 1.60. The number of aromatic nitrogens is 2. The molecule has 2 heterocycles. The highest BCUT2D eigenvalue weighted by molar-refractivity contribution is 5.84. The van der Waals surface area contributed by atoms with Crippen LogP contribution in [0.25, 0.3) is 11.3 Å². The van der Waals surface area contributed by atoms with Crippen LogP contribution in [-0.4, -0.2) is 77.7 Å². The predicted octanol–water partition coefficient (Wildman–Crippen LogP) is 2.84. The van der Waals surface area contributed by atoms with Gasteiger partial charge in [0.15, 0.2) is 5.82 Å². The molecule has 0 unspecified atom stereocenters. The van der Waals surface area contributed by atoms with Crippen molar-refractivity contribution in [3.63, 3.8) is 0 Å². The fraction of sp³-hybridized carbons (Fsp3) is 0.500. The maximum atomic E-state index is 12.9. The Kier molecular flexibility index (Phi) is 8.03. The van der Waals surface area contributed by atoms with E-state index in [0.717, 1.165) is 42.2 Å². The van der Waals surface area contributed by atoms with Crippen LogP contribution in [0.5, 0.6) is 5.75 Å². The van der Waals surface area contributed by atoms with Gasteiger partial charge in [-0.3, -0.25) is 9.59 Å². The summed E-state index contributed by atoms with van der Waals surface area (Å²) in [6, 6.07) is 11.7. The Labute approximate surface area is 190 Å². The first kappa shape index (κ1) is 23.5. The van der Waals surface area contributed by atoms with Gasteiger partial charge in [0.05, 0.1) is 19.3 Å². The van der Waals surface area contributed by atoms with E-state index in [1.54, 1.807) is 12.0 Å². The van der Waals surface area contributed by atoms with Crippen LogP contribution in [0.2, 0.25) is 0 Å². The van der Waals surface area contributed by atoms with Gasteiger partial charge in [-0.15, -0.1) is 10.2 Å². The van der Waals surface area contributed by atoms with Gasteiger partial charge in [-0.2, -0.15) is 0 Å². The summed E-state index contributed by atoms with van der Waals surface area (Å²) in [5.41, 5.74) is 1.78. The third kappa shape index (κ3) is 5.75. The van der Waals surface area contributed by atoms with Crippen LogP contribution < -0.4 is 9.64 Å². The smallest absolute Gasteiger partial charge is 0.242 e. The number of carbonyl (C=O) groups excluding carboxylic acids is 2. The van der Waals surface area contributed by atoms with Crippen molar-refractivity contribution in [3.05, 3.63) is 36.4 Å².